The Balaban J connectivity index is 2.65. The molecule has 4 heteroatoms. The lowest BCUT2D eigenvalue weighted by Gasteiger charge is -2.34. The molecule has 0 spiro atoms. The average Bonchev–Trinajstić information content (AvgIpc) is 2.21. The van der Waals surface area contributed by atoms with Crippen molar-refractivity contribution in [3.05, 3.63) is 0 Å². The number of hydrogen-bond acceptors (Lipinski definition) is 2. The lowest BCUT2D eigenvalue weighted by atomic mass is 9.83. The van der Waals surface area contributed by atoms with Gasteiger partial charge >= 0.3 is 6.03 Å². The number of nitrogens with zero attached hydrogens (tertiary/aromatic N) is 1. The van der Waals surface area contributed by atoms with Gasteiger partial charge in [0.1, 0.15) is 0 Å². The van der Waals surface area contributed by atoms with Gasteiger partial charge < -0.3 is 5.32 Å². The highest BCUT2D eigenvalue weighted by molar-refractivity contribution is 5.98. The van der Waals surface area contributed by atoms with Gasteiger partial charge in [-0.15, -0.1) is 0 Å². The molecule has 1 saturated heterocycles. The van der Waals surface area contributed by atoms with Crippen LogP contribution in [0.25, 0.3) is 0 Å². The zero-order valence-corrected chi connectivity index (χ0v) is 11.4. The van der Waals surface area contributed by atoms with Crippen molar-refractivity contribution in [2.24, 2.45) is 11.3 Å². The molecule has 1 heterocycles. The number of urea groups is 1. The monoisotopic (exact) mass is 240 g/mol. The molecule has 0 radical (unpaired) electrons. The number of imide groups is 1. The topological polar surface area (TPSA) is 49.4 Å². The van der Waals surface area contributed by atoms with Gasteiger partial charge in [-0.25, -0.2) is 4.79 Å². The number of unbranched alkanes of at least 4 members (excludes halogenated alkanes) is 1. The first kappa shape index (κ1) is 14.0. The van der Waals surface area contributed by atoms with Crippen molar-refractivity contribution < 1.29 is 9.59 Å². The molecular weight excluding hydrogens is 216 g/mol. The van der Waals surface area contributed by atoms with Gasteiger partial charge in [-0.3, -0.25) is 9.69 Å². The molecule has 1 N–H and O–H groups in total. The van der Waals surface area contributed by atoms with Gasteiger partial charge in [0, 0.05) is 13.1 Å². The van der Waals surface area contributed by atoms with Gasteiger partial charge in [-0.05, 0) is 18.3 Å². The maximum Gasteiger partial charge on any atom is 0.324 e. The molecular formula is C13H24N2O2. The molecule has 0 bridgehead atoms. The number of amides is 3. The molecule has 1 fully saturated rings. The van der Waals surface area contributed by atoms with Crippen LogP contribution in [0.1, 0.15) is 47.0 Å². The maximum absolute atomic E-state index is 12.2. The molecule has 1 aliphatic rings. The van der Waals surface area contributed by atoms with Crippen LogP contribution >= 0.6 is 0 Å². The fraction of sp³-hybridized carbons (Fsp3) is 0.846. The van der Waals surface area contributed by atoms with E-state index in [-0.39, 0.29) is 23.3 Å². The molecule has 17 heavy (non-hydrogen) atoms. The van der Waals surface area contributed by atoms with E-state index in [1.165, 1.54) is 4.90 Å². The highest BCUT2D eigenvalue weighted by atomic mass is 16.2. The number of nitrogens with one attached hydrogen (secondary N) is 1. The Bertz CT molecular complexity index is 294. The fourth-order valence-electron chi connectivity index (χ4n) is 2.14. The Morgan fingerprint density at radius 1 is 1.35 bits per heavy atom. The van der Waals surface area contributed by atoms with E-state index in [9.17, 15) is 9.59 Å². The SMILES string of the molecule is CCCCN1C(=O)NCC(CC(C)(C)C)C1=O. The zero-order valence-electron chi connectivity index (χ0n) is 11.4. The minimum absolute atomic E-state index is 0.00266. The Morgan fingerprint density at radius 3 is 2.53 bits per heavy atom. The third-order valence-electron chi connectivity index (χ3n) is 2.95. The average molecular weight is 240 g/mol. The summed E-state index contributed by atoms with van der Waals surface area (Å²) in [7, 11) is 0. The highest BCUT2D eigenvalue weighted by Crippen LogP contribution is 2.26. The van der Waals surface area contributed by atoms with Crippen molar-refractivity contribution in [3.8, 4) is 0 Å². The second kappa shape index (κ2) is 5.52. The van der Waals surface area contributed by atoms with Crippen molar-refractivity contribution in [2.45, 2.75) is 47.0 Å². The van der Waals surface area contributed by atoms with Gasteiger partial charge in [0.2, 0.25) is 5.91 Å². The number of carbonyl (C=O) groups excluding carboxylic acids is 2. The second-order valence-electron chi connectivity index (χ2n) is 5.99. The summed E-state index contributed by atoms with van der Waals surface area (Å²) in [6, 6.07) is -0.228. The third-order valence-corrected chi connectivity index (χ3v) is 2.95. The quantitative estimate of drug-likeness (QED) is 0.820. The van der Waals surface area contributed by atoms with Crippen molar-refractivity contribution in [3.63, 3.8) is 0 Å². The molecule has 1 atom stereocenters. The first-order chi connectivity index (χ1) is 7.85. The van der Waals surface area contributed by atoms with E-state index in [0.717, 1.165) is 19.3 Å². The standard InChI is InChI=1S/C13H24N2O2/c1-5-6-7-15-11(16)10(8-13(2,3)4)9-14-12(15)17/h10H,5-9H2,1-4H3,(H,14,17). The Labute approximate surface area is 104 Å². The van der Waals surface area contributed by atoms with Crippen LogP contribution in [0.15, 0.2) is 0 Å². The normalized spacial score (nSPS) is 21.6. The van der Waals surface area contributed by atoms with E-state index in [4.69, 9.17) is 0 Å². The second-order valence-corrected chi connectivity index (χ2v) is 5.99. The highest BCUT2D eigenvalue weighted by Gasteiger charge is 2.35. The molecule has 0 aromatic heterocycles. The molecule has 1 unspecified atom stereocenters. The molecule has 4 nitrogen and oxygen atoms in total. The summed E-state index contributed by atoms with van der Waals surface area (Å²) in [6.07, 6.45) is 2.68. The van der Waals surface area contributed by atoms with Crippen molar-refractivity contribution in [1.29, 1.82) is 0 Å². The van der Waals surface area contributed by atoms with Gasteiger partial charge in [0.05, 0.1) is 5.92 Å². The third kappa shape index (κ3) is 4.02. The van der Waals surface area contributed by atoms with Crippen LogP contribution in [-0.4, -0.2) is 29.9 Å². The molecule has 98 valence electrons. The van der Waals surface area contributed by atoms with E-state index in [0.29, 0.717) is 13.1 Å². The summed E-state index contributed by atoms with van der Waals surface area (Å²) in [4.78, 5) is 25.2. The summed E-state index contributed by atoms with van der Waals surface area (Å²) in [5, 5.41) is 2.81. The summed E-state index contributed by atoms with van der Waals surface area (Å²) in [6.45, 7) is 9.44. The predicted octanol–water partition coefficient (Wildman–Crippen LogP) is 2.39. The smallest absolute Gasteiger partial charge is 0.324 e. The van der Waals surface area contributed by atoms with E-state index in [2.05, 4.69) is 33.0 Å². The lowest BCUT2D eigenvalue weighted by molar-refractivity contribution is -0.134. The molecule has 1 rings (SSSR count). The van der Waals surface area contributed by atoms with Crippen LogP contribution in [0.5, 0.6) is 0 Å². The Morgan fingerprint density at radius 2 is 2.00 bits per heavy atom. The van der Waals surface area contributed by atoms with Gasteiger partial charge in [0.15, 0.2) is 0 Å². The first-order valence-corrected chi connectivity index (χ1v) is 6.44. The predicted molar refractivity (Wildman–Crippen MR) is 67.6 cm³/mol. The van der Waals surface area contributed by atoms with Crippen LogP contribution in [0.3, 0.4) is 0 Å². The van der Waals surface area contributed by atoms with Gasteiger partial charge in [-0.1, -0.05) is 34.1 Å². The van der Waals surface area contributed by atoms with Gasteiger partial charge in [-0.2, -0.15) is 0 Å². The van der Waals surface area contributed by atoms with Crippen molar-refractivity contribution in [2.75, 3.05) is 13.1 Å². The summed E-state index contributed by atoms with van der Waals surface area (Å²) in [5.74, 6) is -0.0679. The number of hydrogen-bond donors (Lipinski definition) is 1. The van der Waals surface area contributed by atoms with Crippen LogP contribution in [0.2, 0.25) is 0 Å². The minimum Gasteiger partial charge on any atom is -0.337 e. The number of carbonyl (C=O) groups is 2. The summed E-state index contributed by atoms with van der Waals surface area (Å²) < 4.78 is 0. The fourth-order valence-corrected chi connectivity index (χ4v) is 2.14. The van der Waals surface area contributed by atoms with Crippen molar-refractivity contribution >= 4 is 11.9 Å². The number of rotatable bonds is 4. The van der Waals surface area contributed by atoms with Crippen LogP contribution in [0.4, 0.5) is 4.79 Å². The minimum atomic E-state index is -0.228. The van der Waals surface area contributed by atoms with E-state index < -0.39 is 0 Å². The Kier molecular flexibility index (Phi) is 4.54. The van der Waals surface area contributed by atoms with Crippen LogP contribution in [0, 0.1) is 11.3 Å². The summed E-state index contributed by atoms with van der Waals surface area (Å²) in [5.41, 5.74) is 0.110. The van der Waals surface area contributed by atoms with Crippen molar-refractivity contribution in [1.82, 2.24) is 10.2 Å². The molecule has 0 aromatic rings. The van der Waals surface area contributed by atoms with E-state index in [1.807, 2.05) is 0 Å². The zero-order chi connectivity index (χ0) is 13.1. The molecule has 0 aromatic carbocycles. The van der Waals surface area contributed by atoms with Gasteiger partial charge in [0.25, 0.3) is 0 Å². The molecule has 1 aliphatic heterocycles. The summed E-state index contributed by atoms with van der Waals surface area (Å²) >= 11 is 0. The molecule has 0 aliphatic carbocycles. The van der Waals surface area contributed by atoms with Crippen LogP contribution in [-0.2, 0) is 4.79 Å². The molecule has 3 amide bonds. The van der Waals surface area contributed by atoms with E-state index in [1.54, 1.807) is 0 Å². The largest absolute Gasteiger partial charge is 0.337 e. The Hall–Kier alpha value is -1.06. The van der Waals surface area contributed by atoms with Crippen LogP contribution < -0.4 is 5.32 Å². The first-order valence-electron chi connectivity index (χ1n) is 6.44. The van der Waals surface area contributed by atoms with E-state index >= 15 is 0 Å². The lowest BCUT2D eigenvalue weighted by Crippen LogP contribution is -2.55. The maximum atomic E-state index is 12.2. The molecule has 0 saturated carbocycles.